The largest absolute Gasteiger partial charge is 0.456 e. The topological polar surface area (TPSA) is 179 Å². The predicted molar refractivity (Wildman–Crippen MR) is 126 cm³/mol. The number of carbonyl (C=O) groups is 3. The molecule has 1 saturated heterocycles. The van der Waals surface area contributed by atoms with Crippen molar-refractivity contribution in [3.05, 3.63) is 62.8 Å². The number of thiazole rings is 1. The van der Waals surface area contributed by atoms with Crippen LogP contribution in [0.1, 0.15) is 11.3 Å². The second-order valence-corrected chi connectivity index (χ2v) is 9.21. The number of nitrogen functional groups attached to an aromatic ring is 1. The van der Waals surface area contributed by atoms with Crippen LogP contribution in [0.15, 0.2) is 46.6 Å². The predicted octanol–water partition coefficient (Wildman–Crippen LogP) is 1.01. The number of carbonyl (C=O) groups excluding carboxylic acids is 3. The SMILES string of the molecule is CON=C(C(=O)NC1C(=O)N2C(C(=O)OCc3ccc([N+](=O)[O-])cc3)=CCS[C@H]12)c1csc(N)n1. The minimum Gasteiger partial charge on any atom is -0.456 e. The lowest BCUT2D eigenvalue weighted by Gasteiger charge is -2.48. The molecule has 3 N–H and O–H groups in total. The lowest BCUT2D eigenvalue weighted by molar-refractivity contribution is -0.384. The van der Waals surface area contributed by atoms with Crippen LogP contribution in [0, 0.1) is 10.1 Å². The van der Waals surface area contributed by atoms with Crippen LogP contribution in [0.5, 0.6) is 0 Å². The van der Waals surface area contributed by atoms with Crippen LogP contribution in [0.3, 0.4) is 0 Å². The molecular formula is C20H18N6O7S2. The van der Waals surface area contributed by atoms with Crippen LogP contribution in [0.25, 0.3) is 0 Å². The summed E-state index contributed by atoms with van der Waals surface area (Å²) in [6.45, 7) is -0.123. The van der Waals surface area contributed by atoms with Gasteiger partial charge < -0.3 is 20.6 Å². The number of oxime groups is 1. The quantitative estimate of drug-likeness (QED) is 0.168. The van der Waals surface area contributed by atoms with E-state index in [2.05, 4.69) is 15.5 Å². The number of nitro benzene ring substituents is 1. The van der Waals surface area contributed by atoms with Gasteiger partial charge in [-0.05, 0) is 23.8 Å². The maximum Gasteiger partial charge on any atom is 0.355 e. The van der Waals surface area contributed by atoms with Crippen molar-refractivity contribution < 1.29 is 28.9 Å². The molecule has 13 nitrogen and oxygen atoms in total. The standard InChI is InChI=1S/C20H18N6O7S2/c1-32-24-14(12-9-35-20(21)22-12)16(27)23-15-17(28)25-13(6-7-34-18(15)25)19(29)33-8-10-2-4-11(5-3-10)26(30)31/h2-6,9,15,18H,7-8H2,1H3,(H2,21,22)(H,23,27)/t15?,18-/m1/s1. The van der Waals surface area contributed by atoms with Gasteiger partial charge in [0.2, 0.25) is 0 Å². The Morgan fingerprint density at radius 1 is 1.37 bits per heavy atom. The molecule has 1 unspecified atom stereocenters. The molecule has 0 spiro atoms. The first kappa shape index (κ1) is 24.2. The first-order valence-corrected chi connectivity index (χ1v) is 11.9. The Morgan fingerprint density at radius 2 is 2.11 bits per heavy atom. The van der Waals surface area contributed by atoms with Gasteiger partial charge >= 0.3 is 5.97 Å². The first-order valence-electron chi connectivity index (χ1n) is 9.99. The third-order valence-corrected chi connectivity index (χ3v) is 6.88. The number of nitrogens with zero attached hydrogens (tertiary/aromatic N) is 4. The third-order valence-electron chi connectivity index (χ3n) is 5.02. The zero-order valence-corrected chi connectivity index (χ0v) is 19.7. The molecule has 2 aliphatic heterocycles. The summed E-state index contributed by atoms with van der Waals surface area (Å²) in [6, 6.07) is 4.69. The fraction of sp³-hybridized carbons (Fsp3) is 0.250. The third kappa shape index (κ3) is 4.95. The van der Waals surface area contributed by atoms with Crippen molar-refractivity contribution in [3.63, 3.8) is 0 Å². The number of aromatic nitrogens is 1. The maximum atomic E-state index is 12.8. The van der Waals surface area contributed by atoms with Gasteiger partial charge in [0.05, 0.1) is 4.92 Å². The van der Waals surface area contributed by atoms with E-state index in [1.54, 1.807) is 11.5 Å². The fourth-order valence-corrected chi connectivity index (χ4v) is 5.11. The normalized spacial score (nSPS) is 19.2. The van der Waals surface area contributed by atoms with Crippen LogP contribution in [-0.4, -0.2) is 62.6 Å². The summed E-state index contributed by atoms with van der Waals surface area (Å²) in [5.41, 5.74) is 6.25. The number of anilines is 1. The number of nitrogens with two attached hydrogens (primary N) is 1. The highest BCUT2D eigenvalue weighted by Gasteiger charge is 2.53. The maximum absolute atomic E-state index is 12.8. The number of esters is 1. The van der Waals surface area contributed by atoms with Crippen LogP contribution in [0.4, 0.5) is 10.8 Å². The van der Waals surface area contributed by atoms with Crippen molar-refractivity contribution in [2.45, 2.75) is 18.0 Å². The van der Waals surface area contributed by atoms with Gasteiger partial charge in [0, 0.05) is 23.3 Å². The lowest BCUT2D eigenvalue weighted by atomic mass is 10.0. The van der Waals surface area contributed by atoms with Gasteiger partial charge in [0.25, 0.3) is 17.5 Å². The Hall–Kier alpha value is -3.98. The summed E-state index contributed by atoms with van der Waals surface area (Å²) >= 11 is 2.49. The second-order valence-electron chi connectivity index (χ2n) is 7.17. The molecule has 0 bridgehead atoms. The Balaban J connectivity index is 1.38. The highest BCUT2D eigenvalue weighted by Crippen LogP contribution is 2.38. The number of hydrogen-bond acceptors (Lipinski definition) is 12. The molecule has 2 aliphatic rings. The molecule has 0 radical (unpaired) electrons. The van der Waals surface area contributed by atoms with Gasteiger partial charge in [-0.15, -0.1) is 23.1 Å². The van der Waals surface area contributed by atoms with E-state index in [1.807, 2.05) is 0 Å². The zero-order chi connectivity index (χ0) is 25.1. The summed E-state index contributed by atoms with van der Waals surface area (Å²) in [5, 5.41) is 18.3. The molecule has 1 fully saturated rings. The number of nitro groups is 1. The van der Waals surface area contributed by atoms with E-state index >= 15 is 0 Å². The van der Waals surface area contributed by atoms with Gasteiger partial charge in [-0.1, -0.05) is 5.16 Å². The summed E-state index contributed by atoms with van der Waals surface area (Å²) in [4.78, 5) is 58.5. The average molecular weight is 519 g/mol. The highest BCUT2D eigenvalue weighted by molar-refractivity contribution is 8.00. The molecule has 1 aromatic carbocycles. The number of benzene rings is 1. The van der Waals surface area contributed by atoms with Crippen LogP contribution >= 0.6 is 23.1 Å². The monoisotopic (exact) mass is 518 g/mol. The highest BCUT2D eigenvalue weighted by atomic mass is 32.2. The number of amides is 2. The number of β-lactam (4-membered cyclic amide) rings is 1. The van der Waals surface area contributed by atoms with Crippen molar-refractivity contribution in [2.75, 3.05) is 18.6 Å². The van der Waals surface area contributed by atoms with Gasteiger partial charge in [-0.3, -0.25) is 24.6 Å². The number of thioether (sulfide) groups is 1. The van der Waals surface area contributed by atoms with E-state index in [-0.39, 0.29) is 34.5 Å². The van der Waals surface area contributed by atoms with Crippen LogP contribution in [-0.2, 0) is 30.6 Å². The summed E-state index contributed by atoms with van der Waals surface area (Å²) in [5.74, 6) is -1.45. The number of rotatable bonds is 8. The molecule has 35 heavy (non-hydrogen) atoms. The molecule has 4 rings (SSSR count). The minimum absolute atomic E-state index is 0.0733. The van der Waals surface area contributed by atoms with E-state index < -0.39 is 34.1 Å². The van der Waals surface area contributed by atoms with Crippen molar-refractivity contribution in [3.8, 4) is 0 Å². The molecule has 0 saturated carbocycles. The molecule has 182 valence electrons. The number of non-ortho nitro benzene ring substituents is 1. The van der Waals surface area contributed by atoms with E-state index in [0.29, 0.717) is 11.3 Å². The first-order chi connectivity index (χ1) is 16.8. The number of fused-ring (bicyclic) bond motifs is 1. The Bertz CT molecular complexity index is 1240. The fourth-order valence-electron chi connectivity index (χ4n) is 3.37. The van der Waals surface area contributed by atoms with Gasteiger partial charge in [-0.25, -0.2) is 9.78 Å². The lowest BCUT2D eigenvalue weighted by Crippen LogP contribution is -2.70. The molecule has 1 aromatic heterocycles. The molecule has 15 heteroatoms. The Labute approximate surface area is 206 Å². The molecule has 3 heterocycles. The Kier molecular flexibility index (Phi) is 6.97. The van der Waals surface area contributed by atoms with Crippen molar-refractivity contribution in [2.24, 2.45) is 5.16 Å². The number of nitrogens with one attached hydrogen (secondary N) is 1. The van der Waals surface area contributed by atoms with Crippen LogP contribution < -0.4 is 11.1 Å². The van der Waals surface area contributed by atoms with E-state index in [9.17, 15) is 24.5 Å². The summed E-state index contributed by atoms with van der Waals surface area (Å²) < 4.78 is 5.29. The minimum atomic E-state index is -0.892. The number of hydrogen-bond donors (Lipinski definition) is 2. The van der Waals surface area contributed by atoms with Crippen molar-refractivity contribution in [1.29, 1.82) is 0 Å². The molecule has 2 atom stereocenters. The van der Waals surface area contributed by atoms with Crippen LogP contribution in [0.2, 0.25) is 0 Å². The average Bonchev–Trinajstić information content (AvgIpc) is 3.29. The summed E-state index contributed by atoms with van der Waals surface area (Å²) in [6.07, 6.45) is 1.57. The number of ether oxygens (including phenoxy) is 1. The van der Waals surface area contributed by atoms with Crippen molar-refractivity contribution in [1.82, 2.24) is 15.2 Å². The van der Waals surface area contributed by atoms with Gasteiger partial charge in [0.15, 0.2) is 10.8 Å². The summed E-state index contributed by atoms with van der Waals surface area (Å²) in [7, 11) is 1.27. The van der Waals surface area contributed by atoms with E-state index in [0.717, 1.165) is 11.3 Å². The van der Waals surface area contributed by atoms with Gasteiger partial charge in [0.1, 0.15) is 36.5 Å². The molecular weight excluding hydrogens is 500 g/mol. The smallest absolute Gasteiger partial charge is 0.355 e. The molecule has 2 amide bonds. The Morgan fingerprint density at radius 3 is 2.74 bits per heavy atom. The second kappa shape index (κ2) is 10.1. The van der Waals surface area contributed by atoms with Gasteiger partial charge in [-0.2, -0.15) is 0 Å². The van der Waals surface area contributed by atoms with E-state index in [4.69, 9.17) is 15.3 Å². The zero-order valence-electron chi connectivity index (χ0n) is 18.1. The molecule has 2 aromatic rings. The van der Waals surface area contributed by atoms with E-state index in [1.165, 1.54) is 48.0 Å². The van der Waals surface area contributed by atoms with Crippen molar-refractivity contribution >= 4 is 57.4 Å². The molecule has 0 aliphatic carbocycles.